The van der Waals surface area contributed by atoms with Crippen molar-refractivity contribution in [3.8, 4) is 0 Å². The fourth-order valence-corrected chi connectivity index (χ4v) is 2.84. The summed E-state index contributed by atoms with van der Waals surface area (Å²) in [5.74, 6) is 0. The zero-order valence-electron chi connectivity index (χ0n) is 8.91. The lowest BCUT2D eigenvalue weighted by Gasteiger charge is -2.02. The summed E-state index contributed by atoms with van der Waals surface area (Å²) in [5.41, 5.74) is 0. The van der Waals surface area contributed by atoms with Gasteiger partial charge in [0.05, 0.1) is 0 Å². The highest BCUT2D eigenvalue weighted by Crippen LogP contribution is 2.29. The van der Waals surface area contributed by atoms with Crippen LogP contribution in [0.5, 0.6) is 0 Å². The van der Waals surface area contributed by atoms with Gasteiger partial charge >= 0.3 is 0 Å². The van der Waals surface area contributed by atoms with Gasteiger partial charge in [-0.3, -0.25) is 0 Å². The molecule has 1 heterocycles. The molecule has 0 bridgehead atoms. The number of aromatic nitrogens is 2. The van der Waals surface area contributed by atoms with Crippen molar-refractivity contribution in [3.05, 3.63) is 0 Å². The fourth-order valence-electron chi connectivity index (χ4n) is 0.816. The van der Waals surface area contributed by atoms with Crippen LogP contribution in [0.15, 0.2) is 4.34 Å². The second-order valence-electron chi connectivity index (χ2n) is 3.14. The van der Waals surface area contributed by atoms with Crippen LogP contribution in [0.3, 0.4) is 0 Å². The quantitative estimate of drug-likeness (QED) is 0.763. The van der Waals surface area contributed by atoms with Gasteiger partial charge in [-0.25, -0.2) is 0 Å². The van der Waals surface area contributed by atoms with E-state index in [1.807, 2.05) is 0 Å². The van der Waals surface area contributed by atoms with Gasteiger partial charge in [0.25, 0.3) is 0 Å². The number of rotatable bonds is 6. The van der Waals surface area contributed by atoms with E-state index in [0.717, 1.165) is 22.4 Å². The molecule has 1 aromatic heterocycles. The number of nitrogens with one attached hydrogen (secondary N) is 1. The van der Waals surface area contributed by atoms with E-state index in [1.54, 1.807) is 23.1 Å². The standard InChI is InChI=1S/C9H17N3S2/c1-4-6-10-8-11-12-9(14-8)13-7(3)5-2/h7H,4-6H2,1-3H3,(H,10,11)/t7-/m0/s1. The molecule has 5 heteroatoms. The molecule has 0 spiro atoms. The van der Waals surface area contributed by atoms with Gasteiger partial charge in [0.15, 0.2) is 4.34 Å². The Morgan fingerprint density at radius 2 is 2.21 bits per heavy atom. The first-order valence-corrected chi connectivity index (χ1v) is 6.69. The van der Waals surface area contributed by atoms with E-state index < -0.39 is 0 Å². The van der Waals surface area contributed by atoms with Crippen molar-refractivity contribution in [2.45, 2.75) is 43.2 Å². The molecule has 3 nitrogen and oxygen atoms in total. The summed E-state index contributed by atoms with van der Waals surface area (Å²) in [6, 6.07) is 0. The third kappa shape index (κ3) is 3.84. The lowest BCUT2D eigenvalue weighted by Crippen LogP contribution is -1.98. The van der Waals surface area contributed by atoms with Crippen molar-refractivity contribution >= 4 is 28.2 Å². The van der Waals surface area contributed by atoms with Crippen LogP contribution in [0, 0.1) is 0 Å². The number of anilines is 1. The van der Waals surface area contributed by atoms with Crippen LogP contribution in [0.2, 0.25) is 0 Å². The largest absolute Gasteiger partial charge is 0.360 e. The zero-order valence-corrected chi connectivity index (χ0v) is 10.5. The summed E-state index contributed by atoms with van der Waals surface area (Å²) in [5, 5.41) is 13.0. The predicted molar refractivity (Wildman–Crippen MR) is 64.3 cm³/mol. The maximum atomic E-state index is 4.13. The Hall–Kier alpha value is -0.290. The van der Waals surface area contributed by atoms with E-state index in [-0.39, 0.29) is 0 Å². The van der Waals surface area contributed by atoms with Gasteiger partial charge in [-0.15, -0.1) is 10.2 Å². The Bertz CT molecular complexity index is 262. The number of thioether (sulfide) groups is 1. The van der Waals surface area contributed by atoms with Crippen LogP contribution in [0.1, 0.15) is 33.6 Å². The summed E-state index contributed by atoms with van der Waals surface area (Å²) < 4.78 is 1.07. The fraction of sp³-hybridized carbons (Fsp3) is 0.778. The Morgan fingerprint density at radius 3 is 2.86 bits per heavy atom. The third-order valence-electron chi connectivity index (χ3n) is 1.81. The lowest BCUT2D eigenvalue weighted by atomic mass is 10.4. The molecular weight excluding hydrogens is 214 g/mol. The van der Waals surface area contributed by atoms with Crippen molar-refractivity contribution < 1.29 is 0 Å². The van der Waals surface area contributed by atoms with Gasteiger partial charge < -0.3 is 5.32 Å². The second-order valence-corrected chi connectivity index (χ2v) is 5.80. The Labute approximate surface area is 93.7 Å². The van der Waals surface area contributed by atoms with Gasteiger partial charge in [-0.05, 0) is 12.8 Å². The van der Waals surface area contributed by atoms with E-state index in [2.05, 4.69) is 36.3 Å². The molecule has 1 aromatic rings. The molecule has 0 saturated carbocycles. The first-order chi connectivity index (χ1) is 6.76. The molecule has 0 radical (unpaired) electrons. The number of hydrogen-bond acceptors (Lipinski definition) is 5. The average molecular weight is 231 g/mol. The minimum Gasteiger partial charge on any atom is -0.360 e. The minimum absolute atomic E-state index is 0.627. The molecule has 0 aliphatic heterocycles. The van der Waals surface area contributed by atoms with Crippen LogP contribution < -0.4 is 5.32 Å². The van der Waals surface area contributed by atoms with Crippen LogP contribution in [0.4, 0.5) is 5.13 Å². The van der Waals surface area contributed by atoms with E-state index in [4.69, 9.17) is 0 Å². The molecular formula is C9H17N3S2. The van der Waals surface area contributed by atoms with Crippen LogP contribution in [0.25, 0.3) is 0 Å². The van der Waals surface area contributed by atoms with Crippen LogP contribution in [-0.2, 0) is 0 Å². The summed E-state index contributed by atoms with van der Waals surface area (Å²) in [6.45, 7) is 7.52. The van der Waals surface area contributed by atoms with Gasteiger partial charge in [-0.1, -0.05) is 43.9 Å². The molecule has 0 fully saturated rings. The Morgan fingerprint density at radius 1 is 1.43 bits per heavy atom. The SMILES string of the molecule is CCCNc1nnc(S[C@@H](C)CC)s1. The zero-order chi connectivity index (χ0) is 10.4. The van der Waals surface area contributed by atoms with Gasteiger partial charge in [0.2, 0.25) is 5.13 Å². The molecule has 0 unspecified atom stereocenters. The molecule has 0 aliphatic rings. The second kappa shape index (κ2) is 6.24. The maximum absolute atomic E-state index is 4.13. The highest BCUT2D eigenvalue weighted by Gasteiger charge is 2.07. The minimum atomic E-state index is 0.627. The third-order valence-corrected chi connectivity index (χ3v) is 4.04. The maximum Gasteiger partial charge on any atom is 0.206 e. The number of hydrogen-bond donors (Lipinski definition) is 1. The van der Waals surface area contributed by atoms with Crippen molar-refractivity contribution in [2.75, 3.05) is 11.9 Å². The molecule has 14 heavy (non-hydrogen) atoms. The first kappa shape index (κ1) is 11.8. The Balaban J connectivity index is 2.42. The van der Waals surface area contributed by atoms with Crippen molar-refractivity contribution in [1.82, 2.24) is 10.2 Å². The summed E-state index contributed by atoms with van der Waals surface area (Å²) in [4.78, 5) is 0. The highest BCUT2D eigenvalue weighted by molar-refractivity contribution is 8.01. The normalized spacial score (nSPS) is 12.8. The summed E-state index contributed by atoms with van der Waals surface area (Å²) >= 11 is 3.45. The van der Waals surface area contributed by atoms with Crippen LogP contribution >= 0.6 is 23.1 Å². The van der Waals surface area contributed by atoms with Gasteiger partial charge in [-0.2, -0.15) is 0 Å². The molecule has 0 aromatic carbocycles. The van der Waals surface area contributed by atoms with Crippen LogP contribution in [-0.4, -0.2) is 22.0 Å². The van der Waals surface area contributed by atoms with Crippen molar-refractivity contribution in [3.63, 3.8) is 0 Å². The van der Waals surface area contributed by atoms with E-state index in [0.29, 0.717) is 5.25 Å². The van der Waals surface area contributed by atoms with E-state index in [9.17, 15) is 0 Å². The molecule has 0 aliphatic carbocycles. The van der Waals surface area contributed by atoms with Crippen molar-refractivity contribution in [2.24, 2.45) is 0 Å². The van der Waals surface area contributed by atoms with Gasteiger partial charge in [0.1, 0.15) is 0 Å². The number of nitrogens with zero attached hydrogens (tertiary/aromatic N) is 2. The average Bonchev–Trinajstić information content (AvgIpc) is 2.62. The van der Waals surface area contributed by atoms with Gasteiger partial charge in [0, 0.05) is 11.8 Å². The lowest BCUT2D eigenvalue weighted by molar-refractivity contribution is 0.898. The summed E-state index contributed by atoms with van der Waals surface area (Å²) in [7, 11) is 0. The summed E-state index contributed by atoms with van der Waals surface area (Å²) in [6.07, 6.45) is 2.29. The molecule has 1 atom stereocenters. The molecule has 0 saturated heterocycles. The first-order valence-electron chi connectivity index (χ1n) is 5.00. The molecule has 1 rings (SSSR count). The Kier molecular flexibility index (Phi) is 5.25. The van der Waals surface area contributed by atoms with Crippen molar-refractivity contribution in [1.29, 1.82) is 0 Å². The molecule has 80 valence electrons. The topological polar surface area (TPSA) is 37.8 Å². The van der Waals surface area contributed by atoms with E-state index in [1.165, 1.54) is 6.42 Å². The highest BCUT2D eigenvalue weighted by atomic mass is 32.2. The smallest absolute Gasteiger partial charge is 0.206 e. The monoisotopic (exact) mass is 231 g/mol. The molecule has 1 N–H and O–H groups in total. The molecule has 0 amide bonds. The predicted octanol–water partition coefficient (Wildman–Crippen LogP) is 3.25. The van der Waals surface area contributed by atoms with E-state index >= 15 is 0 Å².